The molecule has 0 bridgehead atoms. The van der Waals surface area contributed by atoms with Crippen molar-refractivity contribution < 1.29 is 26.7 Å². The van der Waals surface area contributed by atoms with Crippen molar-refractivity contribution in [2.75, 3.05) is 18.2 Å². The van der Waals surface area contributed by atoms with Gasteiger partial charge in [0.05, 0.1) is 22.0 Å². The van der Waals surface area contributed by atoms with Crippen LogP contribution in [0.5, 0.6) is 0 Å². The van der Waals surface area contributed by atoms with Crippen molar-refractivity contribution in [3.8, 4) is 0 Å². The van der Waals surface area contributed by atoms with Crippen LogP contribution in [-0.2, 0) is 25.8 Å². The lowest BCUT2D eigenvalue weighted by Gasteiger charge is -2.25. The fraction of sp³-hybridized carbons (Fsp3) is 0.458. The van der Waals surface area contributed by atoms with E-state index in [1.165, 1.54) is 10.6 Å². The van der Waals surface area contributed by atoms with Gasteiger partial charge in [-0.15, -0.1) is 0 Å². The summed E-state index contributed by atoms with van der Waals surface area (Å²) in [5.41, 5.74) is 1.35. The number of para-hydroxylation sites is 1. The van der Waals surface area contributed by atoms with Gasteiger partial charge in [0.1, 0.15) is 17.5 Å². The zero-order valence-corrected chi connectivity index (χ0v) is 20.0. The molecule has 5 rings (SSSR count). The van der Waals surface area contributed by atoms with E-state index in [4.69, 9.17) is 4.74 Å². The largest absolute Gasteiger partial charge is 0.358 e. The SMILES string of the molecule is CS(=O)(=O)c1ccccc1Nc1cc(CC(=O)C2CC2)nc2c1nc(C(F)F)n2C1CCCCO1. The highest BCUT2D eigenvalue weighted by atomic mass is 32.2. The molecule has 0 amide bonds. The van der Waals surface area contributed by atoms with Crippen LogP contribution in [0, 0.1) is 5.92 Å². The molecular formula is C24H26F2N4O4S. The molecule has 0 radical (unpaired) electrons. The van der Waals surface area contributed by atoms with E-state index in [0.717, 1.165) is 31.9 Å². The lowest BCUT2D eigenvalue weighted by atomic mass is 10.1. The number of rotatable bonds is 8. The maximum Gasteiger partial charge on any atom is 0.295 e. The highest BCUT2D eigenvalue weighted by Gasteiger charge is 2.32. The van der Waals surface area contributed by atoms with Crippen molar-refractivity contribution in [3.05, 3.63) is 41.9 Å². The average molecular weight is 505 g/mol. The Morgan fingerprint density at radius 3 is 2.60 bits per heavy atom. The van der Waals surface area contributed by atoms with E-state index in [-0.39, 0.29) is 39.9 Å². The summed E-state index contributed by atoms with van der Waals surface area (Å²) in [4.78, 5) is 21.4. The lowest BCUT2D eigenvalue weighted by Crippen LogP contribution is -2.21. The van der Waals surface area contributed by atoms with E-state index >= 15 is 0 Å². The summed E-state index contributed by atoms with van der Waals surface area (Å²) in [5.74, 6) is -0.406. The summed E-state index contributed by atoms with van der Waals surface area (Å²) >= 11 is 0. The van der Waals surface area contributed by atoms with Crippen molar-refractivity contribution in [3.63, 3.8) is 0 Å². The molecular weight excluding hydrogens is 478 g/mol. The number of anilines is 2. The lowest BCUT2D eigenvalue weighted by molar-refractivity contribution is -0.119. The van der Waals surface area contributed by atoms with Crippen LogP contribution < -0.4 is 5.32 Å². The van der Waals surface area contributed by atoms with Crippen LogP contribution in [0.4, 0.5) is 20.2 Å². The number of alkyl halides is 2. The minimum atomic E-state index is -3.57. The summed E-state index contributed by atoms with van der Waals surface area (Å²) in [7, 11) is -3.57. The molecule has 2 aromatic heterocycles. The normalized spacial score (nSPS) is 18.8. The van der Waals surface area contributed by atoms with Crippen LogP contribution in [0.3, 0.4) is 0 Å². The molecule has 3 aromatic rings. The summed E-state index contributed by atoms with van der Waals surface area (Å²) in [5, 5.41) is 3.07. The Hall–Kier alpha value is -2.92. The summed E-state index contributed by atoms with van der Waals surface area (Å²) in [6, 6.07) is 7.93. The van der Waals surface area contributed by atoms with Crippen LogP contribution in [0.2, 0.25) is 0 Å². The second-order valence-corrected chi connectivity index (χ2v) is 11.1. The van der Waals surface area contributed by atoms with Gasteiger partial charge >= 0.3 is 0 Å². The predicted octanol–water partition coefficient (Wildman–Crippen LogP) is 4.74. The molecule has 3 heterocycles. The molecule has 11 heteroatoms. The number of Topliss-reactive ketones (excluding diaryl/α,β-unsaturated/α-hetero) is 1. The van der Waals surface area contributed by atoms with Gasteiger partial charge in [0, 0.05) is 25.2 Å². The number of benzene rings is 1. The van der Waals surface area contributed by atoms with Crippen LogP contribution in [-0.4, -0.2) is 41.6 Å². The number of pyridine rings is 1. The molecule has 1 aromatic carbocycles. The molecule has 2 aliphatic rings. The van der Waals surface area contributed by atoms with Gasteiger partial charge in [-0.3, -0.25) is 9.36 Å². The van der Waals surface area contributed by atoms with Crippen molar-refractivity contribution in [2.24, 2.45) is 5.92 Å². The highest BCUT2D eigenvalue weighted by molar-refractivity contribution is 7.90. The van der Waals surface area contributed by atoms with Crippen LogP contribution in [0.25, 0.3) is 11.2 Å². The van der Waals surface area contributed by atoms with E-state index in [9.17, 15) is 22.0 Å². The number of nitrogens with one attached hydrogen (secondary N) is 1. The fourth-order valence-corrected chi connectivity index (χ4v) is 5.29. The number of carbonyl (C=O) groups excluding carboxylic acids is 1. The average Bonchev–Trinajstić information content (AvgIpc) is 3.60. The van der Waals surface area contributed by atoms with Gasteiger partial charge in [-0.25, -0.2) is 27.2 Å². The van der Waals surface area contributed by atoms with Crippen LogP contribution in [0.1, 0.15) is 56.3 Å². The number of carbonyl (C=O) groups is 1. The molecule has 0 spiro atoms. The number of hydrogen-bond acceptors (Lipinski definition) is 7. The van der Waals surface area contributed by atoms with Gasteiger partial charge in [-0.1, -0.05) is 12.1 Å². The minimum absolute atomic E-state index is 0.0121. The van der Waals surface area contributed by atoms with Crippen molar-refractivity contribution in [2.45, 2.75) is 56.1 Å². The number of nitrogens with zero attached hydrogens (tertiary/aromatic N) is 3. The molecule has 35 heavy (non-hydrogen) atoms. The van der Waals surface area contributed by atoms with Crippen molar-refractivity contribution in [1.29, 1.82) is 0 Å². The molecule has 1 atom stereocenters. The monoisotopic (exact) mass is 504 g/mol. The molecule has 2 fully saturated rings. The molecule has 8 nitrogen and oxygen atoms in total. The van der Waals surface area contributed by atoms with Gasteiger partial charge in [0.15, 0.2) is 21.3 Å². The third-order valence-electron chi connectivity index (χ3n) is 6.31. The van der Waals surface area contributed by atoms with Crippen LogP contribution >= 0.6 is 0 Å². The van der Waals surface area contributed by atoms with E-state index in [2.05, 4.69) is 15.3 Å². The minimum Gasteiger partial charge on any atom is -0.358 e. The van der Waals surface area contributed by atoms with Gasteiger partial charge < -0.3 is 10.1 Å². The zero-order chi connectivity index (χ0) is 24.7. The summed E-state index contributed by atoms with van der Waals surface area (Å²) < 4.78 is 60.0. The third-order valence-corrected chi connectivity index (χ3v) is 7.47. The summed E-state index contributed by atoms with van der Waals surface area (Å²) in [6.45, 7) is 0.444. The first-order chi connectivity index (χ1) is 16.7. The molecule has 1 saturated heterocycles. The van der Waals surface area contributed by atoms with E-state index in [1.54, 1.807) is 24.3 Å². The molecule has 1 aliphatic carbocycles. The number of ketones is 1. The number of hydrogen-bond donors (Lipinski definition) is 1. The number of aromatic nitrogens is 3. The highest BCUT2D eigenvalue weighted by Crippen LogP contribution is 2.37. The first-order valence-electron chi connectivity index (χ1n) is 11.6. The summed E-state index contributed by atoms with van der Waals surface area (Å²) in [6.07, 6.45) is 1.53. The van der Waals surface area contributed by atoms with E-state index < -0.39 is 28.3 Å². The molecule has 1 aliphatic heterocycles. The number of imidazole rings is 1. The maximum absolute atomic E-state index is 14.1. The Labute approximate surface area is 201 Å². The predicted molar refractivity (Wildman–Crippen MR) is 126 cm³/mol. The molecule has 186 valence electrons. The Kier molecular flexibility index (Phi) is 6.30. The van der Waals surface area contributed by atoms with Gasteiger partial charge in [-0.2, -0.15) is 0 Å². The molecule has 1 saturated carbocycles. The Balaban J connectivity index is 1.68. The first kappa shape index (κ1) is 23.8. The number of sulfone groups is 1. The standard InChI is InChI=1S/C24H26F2N4O4S/c1-35(32,33)19-7-3-2-6-16(19)28-17-12-15(13-18(31)14-9-10-14)27-23-21(17)29-24(22(25)26)30(23)20-8-4-5-11-34-20/h2-3,6-7,12,14,20,22H,4-5,8-11,13H2,1H3,(H,27,28). The van der Waals surface area contributed by atoms with Crippen molar-refractivity contribution >= 4 is 38.2 Å². The van der Waals surface area contributed by atoms with Crippen LogP contribution in [0.15, 0.2) is 35.2 Å². The van der Waals surface area contributed by atoms with E-state index in [1.807, 2.05) is 0 Å². The van der Waals surface area contributed by atoms with Gasteiger partial charge in [-0.05, 0) is 50.3 Å². The second kappa shape index (κ2) is 9.27. The Bertz CT molecular complexity index is 1380. The first-order valence-corrected chi connectivity index (χ1v) is 13.5. The fourth-order valence-electron chi connectivity index (χ4n) is 4.45. The number of ether oxygens (including phenoxy) is 1. The second-order valence-electron chi connectivity index (χ2n) is 9.11. The third kappa shape index (κ3) is 4.92. The van der Waals surface area contributed by atoms with Crippen molar-refractivity contribution in [1.82, 2.24) is 14.5 Å². The van der Waals surface area contributed by atoms with Gasteiger partial charge in [0.25, 0.3) is 6.43 Å². The number of fused-ring (bicyclic) bond motifs is 1. The maximum atomic E-state index is 14.1. The molecule has 1 unspecified atom stereocenters. The van der Waals surface area contributed by atoms with Gasteiger partial charge in [0.2, 0.25) is 0 Å². The number of halogens is 2. The molecule has 1 N–H and O–H groups in total. The quantitative estimate of drug-likeness (QED) is 0.473. The zero-order valence-electron chi connectivity index (χ0n) is 19.2. The van der Waals surface area contributed by atoms with E-state index in [0.29, 0.717) is 24.4 Å². The smallest absolute Gasteiger partial charge is 0.295 e. The Morgan fingerprint density at radius 2 is 1.94 bits per heavy atom. The topological polar surface area (TPSA) is 103 Å². The Morgan fingerprint density at radius 1 is 1.17 bits per heavy atom.